The van der Waals surface area contributed by atoms with E-state index in [2.05, 4.69) is 22.2 Å². The Balaban J connectivity index is 1.88. The van der Waals surface area contributed by atoms with Crippen molar-refractivity contribution in [2.45, 2.75) is 37.6 Å². The largest absolute Gasteiger partial charge is 0.478 e. The maximum absolute atomic E-state index is 5.90. The number of hydrogen-bond acceptors (Lipinski definition) is 4. The van der Waals surface area contributed by atoms with Crippen LogP contribution < -0.4 is 10.1 Å². The van der Waals surface area contributed by atoms with Crippen LogP contribution in [-0.4, -0.2) is 28.0 Å². The first-order chi connectivity index (χ1) is 7.78. The van der Waals surface area contributed by atoms with E-state index in [1.54, 1.807) is 12.3 Å². The summed E-state index contributed by atoms with van der Waals surface area (Å²) in [5.74, 6) is 1.25. The van der Waals surface area contributed by atoms with Crippen molar-refractivity contribution in [1.29, 1.82) is 0 Å². The van der Waals surface area contributed by atoms with Crippen LogP contribution in [0.1, 0.15) is 26.2 Å². The van der Waals surface area contributed by atoms with Crippen LogP contribution in [0.25, 0.3) is 0 Å². The Morgan fingerprint density at radius 3 is 3.06 bits per heavy atom. The van der Waals surface area contributed by atoms with Gasteiger partial charge in [-0.2, -0.15) is 4.98 Å². The highest BCUT2D eigenvalue weighted by molar-refractivity contribution is 6.21. The Morgan fingerprint density at radius 2 is 2.38 bits per heavy atom. The van der Waals surface area contributed by atoms with Gasteiger partial charge in [-0.25, -0.2) is 4.98 Å². The molecule has 1 aromatic heterocycles. The van der Waals surface area contributed by atoms with Crippen LogP contribution in [0.15, 0.2) is 12.3 Å². The molecule has 16 heavy (non-hydrogen) atoms. The molecule has 1 fully saturated rings. The van der Waals surface area contributed by atoms with Gasteiger partial charge in [-0.3, -0.25) is 0 Å². The van der Waals surface area contributed by atoms with Gasteiger partial charge in [0.15, 0.2) is 0 Å². The van der Waals surface area contributed by atoms with Gasteiger partial charge in [-0.05, 0) is 19.3 Å². The Labute approximate surface area is 100 Å². The highest BCUT2D eigenvalue weighted by atomic mass is 35.5. The molecule has 1 aliphatic rings. The third-order valence-electron chi connectivity index (χ3n) is 2.50. The predicted molar refractivity (Wildman–Crippen MR) is 64.1 cm³/mol. The smallest absolute Gasteiger partial charge is 0.226 e. The second kappa shape index (κ2) is 5.34. The molecule has 1 heterocycles. The molecule has 1 N–H and O–H groups in total. The van der Waals surface area contributed by atoms with Crippen molar-refractivity contribution >= 4 is 17.5 Å². The van der Waals surface area contributed by atoms with E-state index in [0.717, 1.165) is 19.3 Å². The second-order valence-corrected chi connectivity index (χ2v) is 4.59. The molecule has 1 saturated carbocycles. The molecule has 0 bridgehead atoms. The van der Waals surface area contributed by atoms with E-state index in [-0.39, 0.29) is 0 Å². The molecule has 0 spiro atoms. The zero-order valence-corrected chi connectivity index (χ0v) is 10.1. The van der Waals surface area contributed by atoms with Crippen molar-refractivity contribution in [3.05, 3.63) is 12.3 Å². The lowest BCUT2D eigenvalue weighted by Crippen LogP contribution is -2.36. The lowest BCUT2D eigenvalue weighted by Gasteiger charge is -2.31. The number of aromatic nitrogens is 2. The van der Waals surface area contributed by atoms with Gasteiger partial charge in [-0.15, -0.1) is 11.6 Å². The van der Waals surface area contributed by atoms with Gasteiger partial charge in [0.2, 0.25) is 11.8 Å². The minimum absolute atomic E-state index is 0.303. The van der Waals surface area contributed by atoms with Gasteiger partial charge in [0.1, 0.15) is 0 Å². The van der Waals surface area contributed by atoms with Crippen molar-refractivity contribution < 1.29 is 4.74 Å². The fourth-order valence-electron chi connectivity index (χ4n) is 1.55. The van der Waals surface area contributed by atoms with Crippen LogP contribution in [0.3, 0.4) is 0 Å². The molecule has 0 aliphatic heterocycles. The maximum atomic E-state index is 5.90. The zero-order valence-electron chi connectivity index (χ0n) is 9.32. The van der Waals surface area contributed by atoms with Gasteiger partial charge in [0, 0.05) is 23.7 Å². The first-order valence-corrected chi connectivity index (χ1v) is 6.08. The quantitative estimate of drug-likeness (QED) is 0.805. The van der Waals surface area contributed by atoms with Crippen LogP contribution in [0.5, 0.6) is 5.88 Å². The van der Waals surface area contributed by atoms with Gasteiger partial charge in [0.05, 0.1) is 6.61 Å². The number of halogens is 1. The van der Waals surface area contributed by atoms with Crippen molar-refractivity contribution in [3.8, 4) is 5.88 Å². The number of hydrogen-bond donors (Lipinski definition) is 1. The SMILES string of the molecule is CCCOc1ccnc(NC2CC(Cl)C2)n1. The summed E-state index contributed by atoms with van der Waals surface area (Å²) in [7, 11) is 0. The number of anilines is 1. The van der Waals surface area contributed by atoms with Gasteiger partial charge in [-0.1, -0.05) is 6.92 Å². The molecule has 0 saturated heterocycles. The molecule has 0 atom stereocenters. The van der Waals surface area contributed by atoms with E-state index in [4.69, 9.17) is 16.3 Å². The molecule has 0 radical (unpaired) electrons. The van der Waals surface area contributed by atoms with Crippen molar-refractivity contribution in [3.63, 3.8) is 0 Å². The first kappa shape index (κ1) is 11.5. The zero-order chi connectivity index (χ0) is 11.4. The highest BCUT2D eigenvalue weighted by Gasteiger charge is 2.27. The monoisotopic (exact) mass is 241 g/mol. The Morgan fingerprint density at radius 1 is 1.56 bits per heavy atom. The molecular weight excluding hydrogens is 226 g/mol. The third kappa shape index (κ3) is 2.98. The van der Waals surface area contributed by atoms with Crippen LogP contribution >= 0.6 is 11.6 Å². The number of nitrogens with zero attached hydrogens (tertiary/aromatic N) is 2. The van der Waals surface area contributed by atoms with Gasteiger partial charge < -0.3 is 10.1 Å². The lowest BCUT2D eigenvalue weighted by molar-refractivity contribution is 0.305. The van der Waals surface area contributed by atoms with E-state index in [9.17, 15) is 0 Å². The summed E-state index contributed by atoms with van der Waals surface area (Å²) in [4.78, 5) is 8.42. The molecule has 0 aromatic carbocycles. The van der Waals surface area contributed by atoms with Crippen LogP contribution in [0, 0.1) is 0 Å². The maximum Gasteiger partial charge on any atom is 0.226 e. The molecule has 4 nitrogen and oxygen atoms in total. The molecule has 2 rings (SSSR count). The normalized spacial score (nSPS) is 23.6. The average Bonchev–Trinajstić information content (AvgIpc) is 2.25. The fraction of sp³-hybridized carbons (Fsp3) is 0.636. The van der Waals surface area contributed by atoms with E-state index in [0.29, 0.717) is 29.9 Å². The summed E-state index contributed by atoms with van der Waals surface area (Å²) in [6.45, 7) is 2.75. The molecule has 5 heteroatoms. The highest BCUT2D eigenvalue weighted by Crippen LogP contribution is 2.27. The summed E-state index contributed by atoms with van der Waals surface area (Å²) in [5.41, 5.74) is 0. The van der Waals surface area contributed by atoms with Crippen molar-refractivity contribution in [2.75, 3.05) is 11.9 Å². The summed E-state index contributed by atoms with van der Waals surface area (Å²) in [6.07, 6.45) is 4.64. The van der Waals surface area contributed by atoms with Gasteiger partial charge in [0.25, 0.3) is 0 Å². The number of rotatable bonds is 5. The second-order valence-electron chi connectivity index (χ2n) is 3.98. The van der Waals surface area contributed by atoms with Crippen molar-refractivity contribution in [1.82, 2.24) is 9.97 Å². The minimum Gasteiger partial charge on any atom is -0.478 e. The number of nitrogens with one attached hydrogen (secondary N) is 1. The van der Waals surface area contributed by atoms with Crippen LogP contribution in [-0.2, 0) is 0 Å². The van der Waals surface area contributed by atoms with Crippen LogP contribution in [0.2, 0.25) is 0 Å². The molecule has 88 valence electrons. The minimum atomic E-state index is 0.303. The molecule has 0 amide bonds. The molecule has 1 aromatic rings. The fourth-order valence-corrected chi connectivity index (χ4v) is 1.98. The van der Waals surface area contributed by atoms with Gasteiger partial charge >= 0.3 is 0 Å². The summed E-state index contributed by atoms with van der Waals surface area (Å²) in [6, 6.07) is 2.18. The van der Waals surface area contributed by atoms with Crippen LogP contribution in [0.4, 0.5) is 5.95 Å². The standard InChI is InChI=1S/C11H16ClN3O/c1-2-5-16-10-3-4-13-11(15-10)14-9-6-8(12)7-9/h3-4,8-9H,2,5-7H2,1H3,(H,13,14,15). The Hall–Kier alpha value is -1.03. The summed E-state index contributed by atoms with van der Waals surface area (Å²) in [5, 5.41) is 3.54. The van der Waals surface area contributed by atoms with E-state index in [1.165, 1.54) is 0 Å². The topological polar surface area (TPSA) is 47.0 Å². The summed E-state index contributed by atoms with van der Waals surface area (Å²) >= 11 is 5.90. The predicted octanol–water partition coefficient (Wildman–Crippen LogP) is 2.45. The molecule has 0 unspecified atom stereocenters. The van der Waals surface area contributed by atoms with E-state index >= 15 is 0 Å². The average molecular weight is 242 g/mol. The van der Waals surface area contributed by atoms with Crippen molar-refractivity contribution in [2.24, 2.45) is 0 Å². The Bertz CT molecular complexity index is 342. The molecular formula is C11H16ClN3O. The summed E-state index contributed by atoms with van der Waals surface area (Å²) < 4.78 is 5.43. The lowest BCUT2D eigenvalue weighted by atomic mass is 9.93. The Kier molecular flexibility index (Phi) is 3.83. The first-order valence-electron chi connectivity index (χ1n) is 5.64. The van der Waals surface area contributed by atoms with E-state index < -0.39 is 0 Å². The molecule has 1 aliphatic carbocycles. The van der Waals surface area contributed by atoms with E-state index in [1.807, 2.05) is 0 Å². The number of ether oxygens (including phenoxy) is 1. The number of alkyl halides is 1. The third-order valence-corrected chi connectivity index (χ3v) is 2.85.